The average Bonchev–Trinajstić information content (AvgIpc) is 3.01. The minimum atomic E-state index is -0.182. The van der Waals surface area contributed by atoms with Gasteiger partial charge in [-0.1, -0.05) is 30.3 Å². The molecular weight excluding hydrogens is 380 g/mol. The van der Waals surface area contributed by atoms with Crippen molar-refractivity contribution in [2.24, 2.45) is 0 Å². The van der Waals surface area contributed by atoms with Crippen LogP contribution in [-0.2, 0) is 0 Å². The summed E-state index contributed by atoms with van der Waals surface area (Å²) in [6.45, 7) is 3.31. The lowest BCUT2D eigenvalue weighted by atomic mass is 10.1. The highest BCUT2D eigenvalue weighted by atomic mass is 16.2. The first-order valence-electron chi connectivity index (χ1n) is 10.5. The Bertz CT molecular complexity index is 888. The molecule has 2 aliphatic heterocycles. The fourth-order valence-corrected chi connectivity index (χ4v) is 4.22. The van der Waals surface area contributed by atoms with Crippen LogP contribution in [-0.4, -0.2) is 55.0 Å². The van der Waals surface area contributed by atoms with Crippen molar-refractivity contribution < 1.29 is 19.3 Å². The number of benzene rings is 2. The number of nitrogens with one attached hydrogen (secondary N) is 3. The number of piperidine rings is 1. The molecule has 0 radical (unpaired) electrons. The van der Waals surface area contributed by atoms with Crippen LogP contribution >= 0.6 is 0 Å². The van der Waals surface area contributed by atoms with E-state index in [1.165, 1.54) is 9.80 Å². The molecule has 4 amide bonds. The normalized spacial score (nSPS) is 20.7. The molecule has 0 saturated carbocycles. The Morgan fingerprint density at radius 1 is 0.933 bits per heavy atom. The van der Waals surface area contributed by atoms with Crippen LogP contribution in [0.2, 0.25) is 0 Å². The lowest BCUT2D eigenvalue weighted by molar-refractivity contribution is -0.905. The fourth-order valence-electron chi connectivity index (χ4n) is 4.22. The van der Waals surface area contributed by atoms with E-state index in [4.69, 9.17) is 0 Å². The minimum Gasteiger partial charge on any atom is -0.335 e. The first-order valence-corrected chi connectivity index (χ1v) is 10.5. The molecule has 0 bridgehead atoms. The molecule has 1 saturated heterocycles. The molecule has 0 aromatic heterocycles. The molecular formula is C23H27N4O3+. The molecule has 4 rings (SSSR count). The number of carbonyl (C=O) groups excluding carboxylic acids is 3. The molecule has 156 valence electrons. The summed E-state index contributed by atoms with van der Waals surface area (Å²) in [7, 11) is 0. The van der Waals surface area contributed by atoms with E-state index in [0.29, 0.717) is 17.7 Å². The van der Waals surface area contributed by atoms with Crippen LogP contribution in [0.1, 0.15) is 40.0 Å². The zero-order valence-electron chi connectivity index (χ0n) is 16.9. The van der Waals surface area contributed by atoms with E-state index in [-0.39, 0.29) is 23.9 Å². The molecule has 0 atom stereocenters. The van der Waals surface area contributed by atoms with Crippen molar-refractivity contribution in [3.8, 4) is 0 Å². The summed E-state index contributed by atoms with van der Waals surface area (Å²) in [4.78, 5) is 39.8. The molecule has 0 unspecified atom stereocenters. The Labute approximate surface area is 176 Å². The van der Waals surface area contributed by atoms with Crippen LogP contribution in [0.4, 0.5) is 10.5 Å². The van der Waals surface area contributed by atoms with Crippen LogP contribution in [0.25, 0.3) is 0 Å². The molecule has 1 fully saturated rings. The number of imide groups is 1. The van der Waals surface area contributed by atoms with Crippen LogP contribution < -0.4 is 15.5 Å². The fraction of sp³-hybridized carbons (Fsp3) is 0.348. The van der Waals surface area contributed by atoms with Gasteiger partial charge in [-0.3, -0.25) is 14.5 Å². The molecule has 2 aromatic rings. The summed E-state index contributed by atoms with van der Waals surface area (Å²) in [5.74, 6) is -0.365. The van der Waals surface area contributed by atoms with Gasteiger partial charge in [-0.2, -0.15) is 0 Å². The zero-order chi connectivity index (χ0) is 20.9. The first-order chi connectivity index (χ1) is 14.6. The second-order valence-corrected chi connectivity index (χ2v) is 7.90. The van der Waals surface area contributed by atoms with E-state index in [0.717, 1.165) is 44.6 Å². The van der Waals surface area contributed by atoms with Gasteiger partial charge in [0.15, 0.2) is 0 Å². The van der Waals surface area contributed by atoms with Crippen molar-refractivity contribution in [3.05, 3.63) is 65.7 Å². The number of hydrogen-bond acceptors (Lipinski definition) is 3. The monoisotopic (exact) mass is 407 g/mol. The maximum atomic E-state index is 12.4. The maximum absolute atomic E-state index is 12.4. The van der Waals surface area contributed by atoms with E-state index in [1.54, 1.807) is 24.3 Å². The first kappa shape index (κ1) is 20.1. The van der Waals surface area contributed by atoms with E-state index in [9.17, 15) is 14.4 Å². The van der Waals surface area contributed by atoms with Crippen molar-refractivity contribution in [3.63, 3.8) is 0 Å². The van der Waals surface area contributed by atoms with E-state index < -0.39 is 0 Å². The topological polar surface area (TPSA) is 82.9 Å². The largest absolute Gasteiger partial charge is 0.335 e. The Kier molecular flexibility index (Phi) is 6.09. The van der Waals surface area contributed by atoms with Gasteiger partial charge in [-0.05, 0) is 24.3 Å². The predicted molar refractivity (Wildman–Crippen MR) is 114 cm³/mol. The summed E-state index contributed by atoms with van der Waals surface area (Å²) in [5, 5.41) is 5.91. The molecule has 30 heavy (non-hydrogen) atoms. The predicted octanol–water partition coefficient (Wildman–Crippen LogP) is 1.54. The Morgan fingerprint density at radius 2 is 1.53 bits per heavy atom. The number of carbonyl (C=O) groups is 3. The number of hydrogen-bond donors (Lipinski definition) is 3. The maximum Gasteiger partial charge on any atom is 0.319 e. The zero-order valence-corrected chi connectivity index (χ0v) is 16.9. The van der Waals surface area contributed by atoms with E-state index in [1.807, 2.05) is 30.3 Å². The van der Waals surface area contributed by atoms with Gasteiger partial charge in [0.2, 0.25) is 0 Å². The molecule has 0 spiro atoms. The lowest BCUT2D eigenvalue weighted by Gasteiger charge is -2.30. The number of amides is 4. The Balaban J connectivity index is 1.17. The molecule has 2 aliphatic rings. The minimum absolute atomic E-state index is 0.166. The smallest absolute Gasteiger partial charge is 0.319 e. The number of para-hydroxylation sites is 1. The summed E-state index contributed by atoms with van der Waals surface area (Å²) in [5.41, 5.74) is 1.80. The van der Waals surface area contributed by atoms with E-state index >= 15 is 0 Å². The molecule has 2 heterocycles. The molecule has 7 nitrogen and oxygen atoms in total. The van der Waals surface area contributed by atoms with Gasteiger partial charge < -0.3 is 15.5 Å². The van der Waals surface area contributed by atoms with Crippen LogP contribution in [0, 0.1) is 0 Å². The van der Waals surface area contributed by atoms with E-state index in [2.05, 4.69) is 10.6 Å². The SMILES string of the molecule is O=C(Nc1ccccc1)NC1CC[NH+](CCCN2C(=O)c3ccccc3C2=O)CC1. The van der Waals surface area contributed by atoms with Gasteiger partial charge in [0.1, 0.15) is 0 Å². The van der Waals surface area contributed by atoms with Gasteiger partial charge in [-0.25, -0.2) is 4.79 Å². The lowest BCUT2D eigenvalue weighted by Crippen LogP contribution is -3.13. The Morgan fingerprint density at radius 3 is 2.17 bits per heavy atom. The number of likely N-dealkylation sites (tertiary alicyclic amines) is 1. The summed E-state index contributed by atoms with van der Waals surface area (Å²) in [6.07, 6.45) is 2.63. The quantitative estimate of drug-likeness (QED) is 0.636. The number of quaternary nitrogens is 1. The third-order valence-electron chi connectivity index (χ3n) is 5.85. The number of rotatable bonds is 6. The second kappa shape index (κ2) is 9.09. The van der Waals surface area contributed by atoms with Crippen molar-refractivity contribution in [1.29, 1.82) is 0 Å². The van der Waals surface area contributed by atoms with Crippen LogP contribution in [0.15, 0.2) is 54.6 Å². The third kappa shape index (κ3) is 4.52. The van der Waals surface area contributed by atoms with Gasteiger partial charge in [0, 0.05) is 37.5 Å². The molecule has 7 heteroatoms. The summed E-state index contributed by atoms with van der Waals surface area (Å²) in [6, 6.07) is 16.4. The summed E-state index contributed by atoms with van der Waals surface area (Å²) < 4.78 is 0. The number of anilines is 1. The summed E-state index contributed by atoms with van der Waals surface area (Å²) >= 11 is 0. The molecule has 0 aliphatic carbocycles. The van der Waals surface area contributed by atoms with Crippen molar-refractivity contribution >= 4 is 23.5 Å². The number of fused-ring (bicyclic) bond motifs is 1. The van der Waals surface area contributed by atoms with Crippen LogP contribution in [0.3, 0.4) is 0 Å². The third-order valence-corrected chi connectivity index (χ3v) is 5.85. The van der Waals surface area contributed by atoms with Crippen molar-refractivity contribution in [2.75, 3.05) is 31.5 Å². The van der Waals surface area contributed by atoms with Gasteiger partial charge in [0.05, 0.1) is 30.8 Å². The van der Waals surface area contributed by atoms with Gasteiger partial charge in [0.25, 0.3) is 11.8 Å². The number of urea groups is 1. The van der Waals surface area contributed by atoms with Crippen molar-refractivity contribution in [2.45, 2.75) is 25.3 Å². The highest BCUT2D eigenvalue weighted by Gasteiger charge is 2.34. The second-order valence-electron chi connectivity index (χ2n) is 7.90. The average molecular weight is 407 g/mol. The van der Waals surface area contributed by atoms with Crippen molar-refractivity contribution in [1.82, 2.24) is 10.2 Å². The van der Waals surface area contributed by atoms with Gasteiger partial charge >= 0.3 is 6.03 Å². The Hall–Kier alpha value is -3.19. The molecule has 2 aromatic carbocycles. The van der Waals surface area contributed by atoms with Gasteiger partial charge in [-0.15, -0.1) is 0 Å². The van der Waals surface area contributed by atoms with Crippen LogP contribution in [0.5, 0.6) is 0 Å². The number of nitrogens with zero attached hydrogens (tertiary/aromatic N) is 1. The molecule has 3 N–H and O–H groups in total. The highest BCUT2D eigenvalue weighted by Crippen LogP contribution is 2.22. The highest BCUT2D eigenvalue weighted by molar-refractivity contribution is 6.21. The standard InChI is InChI=1S/C23H26N4O3/c28-21-19-9-4-5-10-20(19)22(29)27(21)14-6-13-26-15-11-18(12-16-26)25-23(30)24-17-7-2-1-3-8-17/h1-5,7-10,18H,6,11-16H2,(H2,24,25,30)/p+1.